The molecule has 1 saturated heterocycles. The van der Waals surface area contributed by atoms with Gasteiger partial charge in [-0.05, 0) is 48.8 Å². The Bertz CT molecular complexity index is 1060. The van der Waals surface area contributed by atoms with Crippen LogP contribution in [0.2, 0.25) is 0 Å². The summed E-state index contributed by atoms with van der Waals surface area (Å²) in [5.41, 5.74) is 4.43. The summed E-state index contributed by atoms with van der Waals surface area (Å²) in [6.45, 7) is 6.18. The van der Waals surface area contributed by atoms with E-state index in [9.17, 15) is 13.2 Å². The van der Waals surface area contributed by atoms with Crippen molar-refractivity contribution in [3.8, 4) is 0 Å². The number of rotatable bonds is 4. The molecule has 1 aliphatic heterocycles. The predicted octanol–water partition coefficient (Wildman–Crippen LogP) is 3.60. The molecule has 1 fully saturated rings. The summed E-state index contributed by atoms with van der Waals surface area (Å²) in [5, 5.41) is 7.69. The van der Waals surface area contributed by atoms with Crippen LogP contribution in [0.3, 0.4) is 0 Å². The van der Waals surface area contributed by atoms with E-state index < -0.39 is 9.84 Å². The van der Waals surface area contributed by atoms with Gasteiger partial charge in [-0.1, -0.05) is 39.0 Å². The Kier molecular flexibility index (Phi) is 5.51. The normalized spacial score (nSPS) is 20.7. The molecule has 1 aliphatic carbocycles. The van der Waals surface area contributed by atoms with E-state index in [0.717, 1.165) is 24.1 Å². The predicted molar refractivity (Wildman–Crippen MR) is 119 cm³/mol. The number of nitrogens with zero attached hydrogens (tertiary/aromatic N) is 2. The van der Waals surface area contributed by atoms with Crippen LogP contribution in [0.5, 0.6) is 0 Å². The molecule has 1 aromatic heterocycles. The first kappa shape index (κ1) is 21.1. The Morgan fingerprint density at radius 3 is 2.57 bits per heavy atom. The summed E-state index contributed by atoms with van der Waals surface area (Å²) in [5.74, 6) is 0.731. The first-order chi connectivity index (χ1) is 14.1. The fourth-order valence-electron chi connectivity index (χ4n) is 4.37. The van der Waals surface area contributed by atoms with E-state index in [2.05, 4.69) is 43.3 Å². The van der Waals surface area contributed by atoms with Crippen LogP contribution < -0.4 is 5.32 Å². The highest BCUT2D eigenvalue weighted by Gasteiger charge is 2.33. The minimum Gasteiger partial charge on any atom is -0.311 e. The van der Waals surface area contributed by atoms with E-state index in [1.165, 1.54) is 24.0 Å². The minimum absolute atomic E-state index is 0.0754. The van der Waals surface area contributed by atoms with Crippen molar-refractivity contribution in [2.45, 2.75) is 70.8 Å². The first-order valence-electron chi connectivity index (χ1n) is 10.8. The van der Waals surface area contributed by atoms with Gasteiger partial charge in [0.15, 0.2) is 9.84 Å². The number of fused-ring (bicyclic) bond motifs is 1. The quantitative estimate of drug-likeness (QED) is 0.805. The second kappa shape index (κ2) is 7.84. The van der Waals surface area contributed by atoms with Gasteiger partial charge in [0, 0.05) is 11.5 Å². The first-order valence-corrected chi connectivity index (χ1v) is 12.6. The summed E-state index contributed by atoms with van der Waals surface area (Å²) in [6.07, 6.45) is 5.49. The van der Waals surface area contributed by atoms with Gasteiger partial charge in [0.25, 0.3) is 0 Å². The van der Waals surface area contributed by atoms with Gasteiger partial charge in [-0.2, -0.15) is 5.10 Å². The maximum absolute atomic E-state index is 12.8. The highest BCUT2D eigenvalue weighted by molar-refractivity contribution is 7.91. The fraction of sp³-hybridized carbons (Fsp3) is 0.565. The molecule has 2 aromatic rings. The van der Waals surface area contributed by atoms with Crippen LogP contribution in [0.25, 0.3) is 0 Å². The van der Waals surface area contributed by atoms with E-state index in [1.54, 1.807) is 4.68 Å². The average Bonchev–Trinajstić information content (AvgIpc) is 3.24. The molecule has 6 nitrogen and oxygen atoms in total. The number of aryl methyl sites for hydroxylation is 2. The number of hydrogen-bond acceptors (Lipinski definition) is 4. The van der Waals surface area contributed by atoms with Crippen LogP contribution in [0.15, 0.2) is 24.3 Å². The zero-order valence-corrected chi connectivity index (χ0v) is 18.9. The zero-order chi connectivity index (χ0) is 21.5. The van der Waals surface area contributed by atoms with E-state index in [0.29, 0.717) is 18.7 Å². The standard InChI is InChI=1S/C23H31N3O3S/c1-23(2,3)20-14-21(26(25-20)19-10-11-30(28,29)15-19)24-22(27)13-16-8-9-17-6-4-5-7-18(17)12-16/h8-9,12,14,19H,4-7,10-11,13,15H2,1-3H3,(H,24,27). The van der Waals surface area contributed by atoms with Crippen LogP contribution in [0.1, 0.15) is 68.5 Å². The highest BCUT2D eigenvalue weighted by atomic mass is 32.2. The molecule has 0 spiro atoms. The van der Waals surface area contributed by atoms with Crippen molar-refractivity contribution in [1.82, 2.24) is 9.78 Å². The molecular formula is C23H31N3O3S. The summed E-state index contributed by atoms with van der Waals surface area (Å²) >= 11 is 0. The third kappa shape index (κ3) is 4.61. The molecule has 1 amide bonds. The van der Waals surface area contributed by atoms with Crippen LogP contribution in [-0.2, 0) is 39.3 Å². The lowest BCUT2D eigenvalue weighted by atomic mass is 9.90. The number of hydrogen-bond donors (Lipinski definition) is 1. The number of amides is 1. The smallest absolute Gasteiger partial charge is 0.229 e. The summed E-state index contributed by atoms with van der Waals surface area (Å²) in [4.78, 5) is 12.8. The molecule has 2 heterocycles. The lowest BCUT2D eigenvalue weighted by molar-refractivity contribution is -0.115. The van der Waals surface area contributed by atoms with E-state index in [4.69, 9.17) is 0 Å². The van der Waals surface area contributed by atoms with Crippen molar-refractivity contribution >= 4 is 21.6 Å². The molecule has 0 saturated carbocycles. The van der Waals surface area contributed by atoms with Gasteiger partial charge < -0.3 is 5.32 Å². The number of benzene rings is 1. The fourth-order valence-corrected chi connectivity index (χ4v) is 6.06. The van der Waals surface area contributed by atoms with E-state index in [-0.39, 0.29) is 28.9 Å². The number of aromatic nitrogens is 2. The van der Waals surface area contributed by atoms with Crippen molar-refractivity contribution in [2.24, 2.45) is 0 Å². The van der Waals surface area contributed by atoms with Gasteiger partial charge in [-0.25, -0.2) is 13.1 Å². The number of carbonyl (C=O) groups excluding carboxylic acids is 1. The number of nitrogens with one attached hydrogen (secondary N) is 1. The zero-order valence-electron chi connectivity index (χ0n) is 18.1. The molecule has 1 N–H and O–H groups in total. The molecule has 7 heteroatoms. The second-order valence-corrected chi connectivity index (χ2v) is 11.9. The van der Waals surface area contributed by atoms with E-state index >= 15 is 0 Å². The van der Waals surface area contributed by atoms with E-state index in [1.807, 2.05) is 12.1 Å². The Hall–Kier alpha value is -2.15. The van der Waals surface area contributed by atoms with Crippen LogP contribution in [-0.4, -0.2) is 35.6 Å². The SMILES string of the molecule is CC(C)(C)c1cc(NC(=O)Cc2ccc3c(c2)CCCC3)n(C2CCS(=O)(=O)C2)n1. The maximum Gasteiger partial charge on any atom is 0.229 e. The van der Waals surface area contributed by atoms with Gasteiger partial charge in [0.1, 0.15) is 5.82 Å². The monoisotopic (exact) mass is 429 g/mol. The molecular weight excluding hydrogens is 398 g/mol. The van der Waals surface area contributed by atoms with Gasteiger partial charge in [0.05, 0.1) is 29.7 Å². The Morgan fingerprint density at radius 2 is 1.90 bits per heavy atom. The van der Waals surface area contributed by atoms with Crippen molar-refractivity contribution in [1.29, 1.82) is 0 Å². The summed E-state index contributed by atoms with van der Waals surface area (Å²) in [7, 11) is -3.05. The molecule has 1 unspecified atom stereocenters. The van der Waals surface area contributed by atoms with Crippen LogP contribution in [0, 0.1) is 0 Å². The van der Waals surface area contributed by atoms with Crippen molar-refractivity contribution < 1.29 is 13.2 Å². The Labute approximate surface area is 179 Å². The lowest BCUT2D eigenvalue weighted by Crippen LogP contribution is -2.21. The van der Waals surface area contributed by atoms with Gasteiger partial charge >= 0.3 is 0 Å². The molecule has 30 heavy (non-hydrogen) atoms. The number of carbonyl (C=O) groups is 1. The van der Waals surface area contributed by atoms with Gasteiger partial charge in [0.2, 0.25) is 5.91 Å². The maximum atomic E-state index is 12.8. The van der Waals surface area contributed by atoms with Crippen molar-refractivity contribution in [3.63, 3.8) is 0 Å². The third-order valence-corrected chi connectivity index (χ3v) is 7.85. The largest absolute Gasteiger partial charge is 0.311 e. The third-order valence-electron chi connectivity index (χ3n) is 6.10. The van der Waals surface area contributed by atoms with Crippen LogP contribution >= 0.6 is 0 Å². The topological polar surface area (TPSA) is 81.1 Å². The molecule has 162 valence electrons. The molecule has 0 bridgehead atoms. The van der Waals surface area contributed by atoms with Gasteiger partial charge in [-0.3, -0.25) is 4.79 Å². The average molecular weight is 430 g/mol. The number of anilines is 1. The lowest BCUT2D eigenvalue weighted by Gasteiger charge is -2.17. The highest BCUT2D eigenvalue weighted by Crippen LogP contribution is 2.31. The van der Waals surface area contributed by atoms with Crippen LogP contribution in [0.4, 0.5) is 5.82 Å². The van der Waals surface area contributed by atoms with Gasteiger partial charge in [-0.15, -0.1) is 0 Å². The molecule has 2 aliphatic rings. The molecule has 0 radical (unpaired) electrons. The summed E-state index contributed by atoms with van der Waals surface area (Å²) < 4.78 is 25.7. The van der Waals surface area contributed by atoms with Crippen molar-refractivity contribution in [2.75, 3.05) is 16.8 Å². The second-order valence-electron chi connectivity index (χ2n) is 9.70. The molecule has 1 atom stereocenters. The van der Waals surface area contributed by atoms with Crippen molar-refractivity contribution in [3.05, 3.63) is 46.6 Å². The molecule has 1 aromatic carbocycles. The molecule has 4 rings (SSSR count). The number of sulfone groups is 1. The summed E-state index contributed by atoms with van der Waals surface area (Å²) in [6, 6.07) is 8.02. The Balaban J connectivity index is 1.54. The Morgan fingerprint density at radius 1 is 1.17 bits per heavy atom. The minimum atomic E-state index is -3.05.